The number of halogens is 3. The molecule has 1 aromatic carbocycles. The zero-order valence-electron chi connectivity index (χ0n) is 12.2. The molecule has 0 aliphatic heterocycles. The molecule has 0 radical (unpaired) electrons. The third-order valence-corrected chi connectivity index (χ3v) is 3.82. The van der Waals surface area contributed by atoms with Gasteiger partial charge in [-0.2, -0.15) is 13.2 Å². The predicted molar refractivity (Wildman–Crippen MR) is 76.4 cm³/mol. The van der Waals surface area contributed by atoms with Crippen molar-refractivity contribution in [2.75, 3.05) is 11.9 Å². The first-order chi connectivity index (χ1) is 10.8. The maximum absolute atomic E-state index is 12.4. The van der Waals surface area contributed by atoms with Crippen molar-refractivity contribution in [1.29, 1.82) is 0 Å². The van der Waals surface area contributed by atoms with Crippen molar-refractivity contribution in [3.63, 3.8) is 0 Å². The lowest BCUT2D eigenvalue weighted by atomic mass is 10.1. The standard InChI is InChI=1S/C15H17F3N2O3/c16-15(17,18)10-4-6-11(7-5-10)20-14(23)13(22)19-8-9-2-1-3-12(9)21/h4-7,9,12,21H,1-3,8H2,(H,19,22)(H,20,23). The molecule has 0 bridgehead atoms. The summed E-state index contributed by atoms with van der Waals surface area (Å²) in [5.74, 6) is -1.92. The van der Waals surface area contributed by atoms with Gasteiger partial charge in [0, 0.05) is 18.2 Å². The molecule has 0 heterocycles. The van der Waals surface area contributed by atoms with Crippen LogP contribution in [0, 0.1) is 5.92 Å². The molecule has 1 aliphatic carbocycles. The van der Waals surface area contributed by atoms with Crippen molar-refractivity contribution in [3.05, 3.63) is 29.8 Å². The summed E-state index contributed by atoms with van der Waals surface area (Å²) in [6.45, 7) is 0.195. The van der Waals surface area contributed by atoms with Gasteiger partial charge in [0.15, 0.2) is 0 Å². The molecule has 1 fully saturated rings. The predicted octanol–water partition coefficient (Wildman–Crippen LogP) is 1.92. The molecule has 1 aromatic rings. The fraction of sp³-hybridized carbons (Fsp3) is 0.467. The van der Waals surface area contributed by atoms with Gasteiger partial charge in [0.1, 0.15) is 0 Å². The highest BCUT2D eigenvalue weighted by Gasteiger charge is 2.30. The van der Waals surface area contributed by atoms with Crippen LogP contribution in [0.2, 0.25) is 0 Å². The number of rotatable bonds is 3. The van der Waals surface area contributed by atoms with Gasteiger partial charge in [-0.1, -0.05) is 6.42 Å². The lowest BCUT2D eigenvalue weighted by molar-refractivity contribution is -0.137. The Morgan fingerprint density at radius 1 is 1.13 bits per heavy atom. The summed E-state index contributed by atoms with van der Waals surface area (Å²) < 4.78 is 37.3. The largest absolute Gasteiger partial charge is 0.416 e. The second kappa shape index (κ2) is 6.99. The Balaban J connectivity index is 1.84. The summed E-state index contributed by atoms with van der Waals surface area (Å²) in [6, 6.07) is 3.80. The van der Waals surface area contributed by atoms with E-state index in [0.29, 0.717) is 6.42 Å². The number of alkyl halides is 3. The summed E-state index contributed by atoms with van der Waals surface area (Å²) >= 11 is 0. The van der Waals surface area contributed by atoms with Crippen molar-refractivity contribution in [2.24, 2.45) is 5.92 Å². The molecular formula is C15H17F3N2O3. The molecule has 0 aromatic heterocycles. The van der Waals surface area contributed by atoms with E-state index in [4.69, 9.17) is 0 Å². The summed E-state index contributed by atoms with van der Waals surface area (Å²) in [6.07, 6.45) is -2.60. The smallest absolute Gasteiger partial charge is 0.393 e. The SMILES string of the molecule is O=C(NCC1CCCC1O)C(=O)Nc1ccc(C(F)(F)F)cc1. The number of benzene rings is 1. The van der Waals surface area contributed by atoms with Crippen molar-refractivity contribution in [2.45, 2.75) is 31.5 Å². The van der Waals surface area contributed by atoms with E-state index >= 15 is 0 Å². The zero-order valence-corrected chi connectivity index (χ0v) is 12.2. The maximum atomic E-state index is 12.4. The average molecular weight is 330 g/mol. The van der Waals surface area contributed by atoms with Crippen LogP contribution in [0.5, 0.6) is 0 Å². The van der Waals surface area contributed by atoms with Gasteiger partial charge in [0.05, 0.1) is 11.7 Å². The maximum Gasteiger partial charge on any atom is 0.416 e. The second-order valence-electron chi connectivity index (χ2n) is 5.50. The van der Waals surface area contributed by atoms with Crippen LogP contribution in [-0.2, 0) is 15.8 Å². The topological polar surface area (TPSA) is 78.4 Å². The minimum absolute atomic E-state index is 0.0715. The summed E-state index contributed by atoms with van der Waals surface area (Å²) in [5, 5.41) is 14.3. The monoisotopic (exact) mass is 330 g/mol. The second-order valence-corrected chi connectivity index (χ2v) is 5.50. The van der Waals surface area contributed by atoms with Crippen LogP contribution in [0.3, 0.4) is 0 Å². The molecule has 2 atom stereocenters. The molecule has 2 rings (SSSR count). The van der Waals surface area contributed by atoms with Gasteiger partial charge in [-0.25, -0.2) is 0 Å². The Hall–Kier alpha value is -2.09. The van der Waals surface area contributed by atoms with Gasteiger partial charge >= 0.3 is 18.0 Å². The van der Waals surface area contributed by atoms with E-state index in [1.54, 1.807) is 0 Å². The van der Waals surface area contributed by atoms with Gasteiger partial charge in [-0.15, -0.1) is 0 Å². The Bertz CT molecular complexity index is 572. The Morgan fingerprint density at radius 3 is 2.30 bits per heavy atom. The van der Waals surface area contributed by atoms with E-state index in [1.165, 1.54) is 0 Å². The van der Waals surface area contributed by atoms with Crippen molar-refractivity contribution >= 4 is 17.5 Å². The first-order valence-electron chi connectivity index (χ1n) is 7.22. The summed E-state index contributed by atoms with van der Waals surface area (Å²) in [5.41, 5.74) is -0.741. The van der Waals surface area contributed by atoms with E-state index in [9.17, 15) is 27.9 Å². The first-order valence-corrected chi connectivity index (χ1v) is 7.22. The number of hydrogen-bond donors (Lipinski definition) is 3. The minimum atomic E-state index is -4.46. The van der Waals surface area contributed by atoms with Crippen LogP contribution in [0.15, 0.2) is 24.3 Å². The molecule has 8 heteroatoms. The number of amides is 2. The number of aliphatic hydroxyl groups is 1. The zero-order chi connectivity index (χ0) is 17.0. The molecule has 2 amide bonds. The number of nitrogens with one attached hydrogen (secondary N) is 2. The molecule has 3 N–H and O–H groups in total. The molecule has 0 saturated heterocycles. The van der Waals surface area contributed by atoms with E-state index in [2.05, 4.69) is 10.6 Å². The average Bonchev–Trinajstić information content (AvgIpc) is 2.89. The molecule has 126 valence electrons. The van der Waals surface area contributed by atoms with E-state index in [0.717, 1.165) is 37.1 Å². The van der Waals surface area contributed by atoms with Crippen molar-refractivity contribution in [1.82, 2.24) is 5.32 Å². The third-order valence-electron chi connectivity index (χ3n) is 3.82. The Morgan fingerprint density at radius 2 is 1.78 bits per heavy atom. The third kappa shape index (κ3) is 4.69. The highest BCUT2D eigenvalue weighted by molar-refractivity contribution is 6.39. The van der Waals surface area contributed by atoms with Gasteiger partial charge in [0.25, 0.3) is 0 Å². The fourth-order valence-corrected chi connectivity index (χ4v) is 2.49. The minimum Gasteiger partial charge on any atom is -0.393 e. The molecular weight excluding hydrogens is 313 g/mol. The van der Waals surface area contributed by atoms with Crippen LogP contribution in [0.4, 0.5) is 18.9 Å². The Kier molecular flexibility index (Phi) is 5.25. The van der Waals surface area contributed by atoms with E-state index in [1.807, 2.05) is 0 Å². The number of anilines is 1. The molecule has 0 spiro atoms. The first kappa shape index (κ1) is 17.3. The molecule has 5 nitrogen and oxygen atoms in total. The van der Waals surface area contributed by atoms with Crippen LogP contribution >= 0.6 is 0 Å². The molecule has 23 heavy (non-hydrogen) atoms. The van der Waals surface area contributed by atoms with Crippen LogP contribution < -0.4 is 10.6 Å². The van der Waals surface area contributed by atoms with Gasteiger partial charge in [0.2, 0.25) is 0 Å². The lowest BCUT2D eigenvalue weighted by Gasteiger charge is -2.15. The van der Waals surface area contributed by atoms with Gasteiger partial charge < -0.3 is 15.7 Å². The van der Waals surface area contributed by atoms with E-state index < -0.39 is 29.7 Å². The Labute approximate surface area is 130 Å². The number of carbonyl (C=O) groups is 2. The summed E-state index contributed by atoms with van der Waals surface area (Å²) in [7, 11) is 0. The number of carbonyl (C=O) groups excluding carboxylic acids is 2. The quantitative estimate of drug-likeness (QED) is 0.741. The highest BCUT2D eigenvalue weighted by Crippen LogP contribution is 2.29. The van der Waals surface area contributed by atoms with Crippen LogP contribution in [0.1, 0.15) is 24.8 Å². The molecule has 1 aliphatic rings. The molecule has 1 saturated carbocycles. The highest BCUT2D eigenvalue weighted by atomic mass is 19.4. The number of aliphatic hydroxyl groups excluding tert-OH is 1. The lowest BCUT2D eigenvalue weighted by Crippen LogP contribution is -2.39. The normalized spacial score (nSPS) is 21.0. The van der Waals surface area contributed by atoms with Crippen molar-refractivity contribution < 1.29 is 27.9 Å². The fourth-order valence-electron chi connectivity index (χ4n) is 2.49. The van der Waals surface area contributed by atoms with Gasteiger partial charge in [-0.3, -0.25) is 9.59 Å². The number of hydrogen-bond acceptors (Lipinski definition) is 3. The van der Waals surface area contributed by atoms with Crippen LogP contribution in [-0.4, -0.2) is 29.6 Å². The van der Waals surface area contributed by atoms with E-state index in [-0.39, 0.29) is 18.2 Å². The van der Waals surface area contributed by atoms with Crippen LogP contribution in [0.25, 0.3) is 0 Å². The summed E-state index contributed by atoms with van der Waals surface area (Å²) in [4.78, 5) is 23.3. The van der Waals surface area contributed by atoms with Gasteiger partial charge in [-0.05, 0) is 37.1 Å². The molecule has 2 unspecified atom stereocenters. The van der Waals surface area contributed by atoms with Crippen molar-refractivity contribution in [3.8, 4) is 0 Å².